The Bertz CT molecular complexity index is 828. The standard InChI is InChI=1S/C21H25N3O2/c1-13(2)15-5-8-17(9-6-15)24-11-10-18(21(24)26)20(25)23-19-12-16(22)7-4-14(19)3/h4-9,12-13,18H,10-11,22H2,1-3H3,(H,23,25). The van der Waals surface area contributed by atoms with Crippen LogP contribution in [0.25, 0.3) is 0 Å². The second kappa shape index (κ2) is 7.20. The van der Waals surface area contributed by atoms with Crippen molar-refractivity contribution in [1.82, 2.24) is 0 Å². The van der Waals surface area contributed by atoms with Gasteiger partial charge in [0.25, 0.3) is 0 Å². The van der Waals surface area contributed by atoms with Crippen molar-refractivity contribution in [2.45, 2.75) is 33.1 Å². The molecule has 136 valence electrons. The van der Waals surface area contributed by atoms with Gasteiger partial charge in [-0.25, -0.2) is 0 Å². The van der Waals surface area contributed by atoms with Crippen LogP contribution in [0.1, 0.15) is 37.3 Å². The average Bonchev–Trinajstić information content (AvgIpc) is 3.00. The van der Waals surface area contributed by atoms with Gasteiger partial charge in [-0.3, -0.25) is 9.59 Å². The minimum atomic E-state index is -0.666. The van der Waals surface area contributed by atoms with E-state index in [0.29, 0.717) is 30.3 Å². The van der Waals surface area contributed by atoms with Crippen LogP contribution in [0.15, 0.2) is 42.5 Å². The summed E-state index contributed by atoms with van der Waals surface area (Å²) in [5.41, 5.74) is 10.0. The summed E-state index contributed by atoms with van der Waals surface area (Å²) >= 11 is 0. The summed E-state index contributed by atoms with van der Waals surface area (Å²) in [5, 5.41) is 2.85. The van der Waals surface area contributed by atoms with Gasteiger partial charge in [-0.05, 0) is 54.7 Å². The number of nitrogens with zero attached hydrogens (tertiary/aromatic N) is 1. The van der Waals surface area contributed by atoms with Gasteiger partial charge < -0.3 is 16.0 Å². The highest BCUT2D eigenvalue weighted by molar-refractivity contribution is 6.13. The molecule has 0 aliphatic carbocycles. The van der Waals surface area contributed by atoms with Crippen molar-refractivity contribution in [3.8, 4) is 0 Å². The largest absolute Gasteiger partial charge is 0.399 e. The van der Waals surface area contributed by atoms with Gasteiger partial charge in [0.15, 0.2) is 0 Å². The van der Waals surface area contributed by atoms with E-state index in [1.54, 1.807) is 17.0 Å². The van der Waals surface area contributed by atoms with Gasteiger partial charge in [0.2, 0.25) is 11.8 Å². The highest BCUT2D eigenvalue weighted by Gasteiger charge is 2.37. The summed E-state index contributed by atoms with van der Waals surface area (Å²) in [6.07, 6.45) is 0.512. The Balaban J connectivity index is 1.72. The van der Waals surface area contributed by atoms with Gasteiger partial charge in [0.05, 0.1) is 0 Å². The van der Waals surface area contributed by atoms with Crippen LogP contribution in [0.3, 0.4) is 0 Å². The summed E-state index contributed by atoms with van der Waals surface area (Å²) in [5.74, 6) is -0.648. The minimum Gasteiger partial charge on any atom is -0.399 e. The third-order valence-electron chi connectivity index (χ3n) is 4.91. The number of carbonyl (C=O) groups is 2. The van der Waals surface area contributed by atoms with E-state index in [4.69, 9.17) is 5.73 Å². The molecular weight excluding hydrogens is 326 g/mol. The van der Waals surface area contributed by atoms with Crippen LogP contribution in [-0.2, 0) is 9.59 Å². The Kier molecular flexibility index (Phi) is 4.98. The molecule has 1 fully saturated rings. The van der Waals surface area contributed by atoms with Crippen LogP contribution in [0.5, 0.6) is 0 Å². The lowest BCUT2D eigenvalue weighted by Crippen LogP contribution is -2.33. The molecule has 2 amide bonds. The molecule has 5 nitrogen and oxygen atoms in total. The maximum Gasteiger partial charge on any atom is 0.239 e. The molecule has 0 bridgehead atoms. The fourth-order valence-corrected chi connectivity index (χ4v) is 3.21. The molecule has 1 atom stereocenters. The monoisotopic (exact) mass is 351 g/mol. The summed E-state index contributed by atoms with van der Waals surface area (Å²) in [4.78, 5) is 27.1. The lowest BCUT2D eigenvalue weighted by atomic mass is 10.0. The number of benzene rings is 2. The number of nitrogens with one attached hydrogen (secondary N) is 1. The van der Waals surface area contributed by atoms with E-state index in [2.05, 4.69) is 19.2 Å². The maximum absolute atomic E-state index is 12.7. The fourth-order valence-electron chi connectivity index (χ4n) is 3.21. The molecule has 0 saturated carbocycles. The molecule has 2 aromatic carbocycles. The van der Waals surface area contributed by atoms with E-state index in [-0.39, 0.29) is 11.8 Å². The molecule has 1 heterocycles. The van der Waals surface area contributed by atoms with Gasteiger partial charge in [0, 0.05) is 23.6 Å². The van der Waals surface area contributed by atoms with Gasteiger partial charge in [-0.2, -0.15) is 0 Å². The predicted octanol–water partition coefficient (Wildman–Crippen LogP) is 3.69. The number of rotatable bonds is 4. The number of hydrogen-bond donors (Lipinski definition) is 2. The molecule has 5 heteroatoms. The maximum atomic E-state index is 12.7. The molecule has 0 spiro atoms. The Morgan fingerprint density at radius 3 is 2.54 bits per heavy atom. The number of carbonyl (C=O) groups excluding carboxylic acids is 2. The first-order chi connectivity index (χ1) is 12.4. The van der Waals surface area contributed by atoms with Gasteiger partial charge in [-0.1, -0.05) is 32.0 Å². The fraction of sp³-hybridized carbons (Fsp3) is 0.333. The zero-order chi connectivity index (χ0) is 18.8. The van der Waals surface area contributed by atoms with Crippen molar-refractivity contribution < 1.29 is 9.59 Å². The van der Waals surface area contributed by atoms with E-state index >= 15 is 0 Å². The molecule has 1 unspecified atom stereocenters. The number of hydrogen-bond acceptors (Lipinski definition) is 3. The first kappa shape index (κ1) is 18.0. The van der Waals surface area contributed by atoms with Crippen LogP contribution in [-0.4, -0.2) is 18.4 Å². The van der Waals surface area contributed by atoms with E-state index in [0.717, 1.165) is 11.3 Å². The Hall–Kier alpha value is -2.82. The van der Waals surface area contributed by atoms with Crippen LogP contribution in [0, 0.1) is 12.8 Å². The second-order valence-electron chi connectivity index (χ2n) is 7.14. The zero-order valence-electron chi connectivity index (χ0n) is 15.5. The number of nitrogen functional groups attached to an aromatic ring is 1. The van der Waals surface area contributed by atoms with Crippen molar-refractivity contribution in [2.24, 2.45) is 5.92 Å². The van der Waals surface area contributed by atoms with Crippen molar-refractivity contribution in [1.29, 1.82) is 0 Å². The molecule has 0 aromatic heterocycles. The Labute approximate surface area is 154 Å². The Morgan fingerprint density at radius 1 is 1.19 bits per heavy atom. The van der Waals surface area contributed by atoms with Crippen molar-refractivity contribution in [2.75, 3.05) is 22.5 Å². The molecule has 1 saturated heterocycles. The van der Waals surface area contributed by atoms with Crippen molar-refractivity contribution in [3.05, 3.63) is 53.6 Å². The smallest absolute Gasteiger partial charge is 0.239 e. The SMILES string of the molecule is Cc1ccc(N)cc1NC(=O)C1CCN(c2ccc(C(C)C)cc2)C1=O. The number of nitrogens with two attached hydrogens (primary N) is 1. The van der Waals surface area contributed by atoms with Crippen molar-refractivity contribution >= 4 is 28.9 Å². The average molecular weight is 351 g/mol. The van der Waals surface area contributed by atoms with Crippen LogP contribution < -0.4 is 16.0 Å². The molecule has 1 aliphatic rings. The molecule has 2 aromatic rings. The summed E-state index contributed by atoms with van der Waals surface area (Å²) < 4.78 is 0. The second-order valence-corrected chi connectivity index (χ2v) is 7.14. The Morgan fingerprint density at radius 2 is 1.88 bits per heavy atom. The summed E-state index contributed by atoms with van der Waals surface area (Å²) in [6.45, 7) is 6.71. The van der Waals surface area contributed by atoms with Crippen LogP contribution >= 0.6 is 0 Å². The lowest BCUT2D eigenvalue weighted by Gasteiger charge is -2.18. The molecule has 3 rings (SSSR count). The van der Waals surface area contributed by atoms with E-state index < -0.39 is 5.92 Å². The van der Waals surface area contributed by atoms with Crippen molar-refractivity contribution in [3.63, 3.8) is 0 Å². The van der Waals surface area contributed by atoms with Gasteiger partial charge >= 0.3 is 0 Å². The minimum absolute atomic E-state index is 0.152. The van der Waals surface area contributed by atoms with Gasteiger partial charge in [-0.15, -0.1) is 0 Å². The molecule has 0 radical (unpaired) electrons. The molecule has 1 aliphatic heterocycles. The van der Waals surface area contributed by atoms with E-state index in [9.17, 15) is 9.59 Å². The first-order valence-corrected chi connectivity index (χ1v) is 8.95. The van der Waals surface area contributed by atoms with Crippen LogP contribution in [0.2, 0.25) is 0 Å². The lowest BCUT2D eigenvalue weighted by molar-refractivity contribution is -0.129. The molecule has 3 N–H and O–H groups in total. The van der Waals surface area contributed by atoms with Crippen LogP contribution in [0.4, 0.5) is 17.1 Å². The summed E-state index contributed by atoms with van der Waals surface area (Å²) in [7, 11) is 0. The van der Waals surface area contributed by atoms with E-state index in [1.807, 2.05) is 37.3 Å². The zero-order valence-corrected chi connectivity index (χ0v) is 15.5. The summed E-state index contributed by atoms with van der Waals surface area (Å²) in [6, 6.07) is 13.3. The predicted molar refractivity (Wildman–Crippen MR) is 105 cm³/mol. The quantitative estimate of drug-likeness (QED) is 0.651. The number of amides is 2. The first-order valence-electron chi connectivity index (χ1n) is 8.95. The third-order valence-corrected chi connectivity index (χ3v) is 4.91. The topological polar surface area (TPSA) is 75.4 Å². The van der Waals surface area contributed by atoms with E-state index in [1.165, 1.54) is 5.56 Å². The number of aryl methyl sites for hydroxylation is 1. The normalized spacial score (nSPS) is 17.0. The molecular formula is C21H25N3O2. The highest BCUT2D eigenvalue weighted by atomic mass is 16.2. The van der Waals surface area contributed by atoms with Gasteiger partial charge in [0.1, 0.15) is 5.92 Å². The third kappa shape index (κ3) is 3.57. The highest BCUT2D eigenvalue weighted by Crippen LogP contribution is 2.28. The number of anilines is 3. The molecule has 26 heavy (non-hydrogen) atoms.